The molecule has 0 radical (unpaired) electrons. The largest absolute Gasteiger partial charge is 0.479 e. The van der Waals surface area contributed by atoms with E-state index >= 15 is 0 Å². The number of Topliss-reactive ketones (excluding diaryl/α,β-unsaturated/α-hetero) is 1. The predicted octanol–water partition coefficient (Wildman–Crippen LogP) is 6.60. The summed E-state index contributed by atoms with van der Waals surface area (Å²) in [6.07, 6.45) is 1.38. The van der Waals surface area contributed by atoms with E-state index in [0.29, 0.717) is 28.8 Å². The second-order valence-electron chi connectivity index (χ2n) is 11.6. The molecular formula is C31H32FNO4S. The molecule has 4 unspecified atom stereocenters. The minimum atomic E-state index is -1.69. The van der Waals surface area contributed by atoms with Crippen molar-refractivity contribution in [3.63, 3.8) is 0 Å². The summed E-state index contributed by atoms with van der Waals surface area (Å²) in [6.45, 7) is 7.87. The van der Waals surface area contributed by atoms with Crippen LogP contribution in [0, 0.1) is 17.7 Å². The molecule has 1 amide bonds. The average molecular weight is 534 g/mol. The first-order chi connectivity index (χ1) is 17.9. The Kier molecular flexibility index (Phi) is 6.54. The van der Waals surface area contributed by atoms with Crippen LogP contribution in [0.3, 0.4) is 0 Å². The first-order valence-electron chi connectivity index (χ1n) is 12.9. The summed E-state index contributed by atoms with van der Waals surface area (Å²) in [5.74, 6) is -4.03. The fraction of sp³-hybridized carbons (Fsp3) is 0.387. The molecule has 2 aromatic carbocycles. The van der Waals surface area contributed by atoms with Gasteiger partial charge in [0.25, 0.3) is 0 Å². The summed E-state index contributed by atoms with van der Waals surface area (Å²) in [7, 11) is 0. The van der Waals surface area contributed by atoms with Gasteiger partial charge >= 0.3 is 5.97 Å². The van der Waals surface area contributed by atoms with E-state index < -0.39 is 35.2 Å². The van der Waals surface area contributed by atoms with Crippen LogP contribution in [0.15, 0.2) is 66.0 Å². The van der Waals surface area contributed by atoms with Gasteiger partial charge in [-0.1, -0.05) is 63.2 Å². The van der Waals surface area contributed by atoms with Gasteiger partial charge in [-0.25, -0.2) is 9.18 Å². The maximum absolute atomic E-state index is 14.2. The zero-order chi connectivity index (χ0) is 27.4. The molecule has 7 heteroatoms. The summed E-state index contributed by atoms with van der Waals surface area (Å²) in [5.41, 5.74) is 0.520. The third kappa shape index (κ3) is 4.37. The van der Waals surface area contributed by atoms with E-state index in [2.05, 4.69) is 20.8 Å². The number of rotatable bonds is 6. The molecule has 2 fully saturated rings. The van der Waals surface area contributed by atoms with Crippen LogP contribution < -0.4 is 0 Å². The molecule has 1 aromatic heterocycles. The Morgan fingerprint density at radius 1 is 0.974 bits per heavy atom. The third-order valence-electron chi connectivity index (χ3n) is 8.09. The number of carboxylic acids is 1. The van der Waals surface area contributed by atoms with E-state index in [1.54, 1.807) is 31.2 Å². The van der Waals surface area contributed by atoms with Crippen LogP contribution in [0.1, 0.15) is 78.9 Å². The summed E-state index contributed by atoms with van der Waals surface area (Å²) >= 11 is 1.30. The van der Waals surface area contributed by atoms with Crippen molar-refractivity contribution >= 4 is 29.0 Å². The monoisotopic (exact) mass is 533 g/mol. The van der Waals surface area contributed by atoms with Crippen LogP contribution in [0.4, 0.5) is 4.39 Å². The molecule has 5 nitrogen and oxygen atoms in total. The average Bonchev–Trinajstić information content (AvgIpc) is 3.50. The number of carbonyl (C=O) groups excluding carboxylic acids is 2. The Hall–Kier alpha value is -3.32. The fourth-order valence-electron chi connectivity index (χ4n) is 5.88. The maximum atomic E-state index is 14.2. The van der Waals surface area contributed by atoms with E-state index in [4.69, 9.17) is 0 Å². The number of carbonyl (C=O) groups is 3. The van der Waals surface area contributed by atoms with Crippen molar-refractivity contribution in [2.45, 2.75) is 63.5 Å². The number of halogens is 1. The van der Waals surface area contributed by atoms with E-state index in [1.807, 2.05) is 29.6 Å². The van der Waals surface area contributed by atoms with Crippen LogP contribution in [-0.4, -0.2) is 33.2 Å². The van der Waals surface area contributed by atoms with Crippen molar-refractivity contribution in [3.8, 4) is 0 Å². The highest BCUT2D eigenvalue weighted by atomic mass is 32.1. The summed E-state index contributed by atoms with van der Waals surface area (Å²) in [5, 5.41) is 12.6. The van der Waals surface area contributed by atoms with Crippen molar-refractivity contribution in [2.24, 2.45) is 11.8 Å². The van der Waals surface area contributed by atoms with E-state index in [-0.39, 0.29) is 23.0 Å². The van der Waals surface area contributed by atoms with E-state index in [9.17, 15) is 23.9 Å². The Bertz CT molecular complexity index is 1360. The van der Waals surface area contributed by atoms with Crippen molar-refractivity contribution < 1.29 is 23.9 Å². The topological polar surface area (TPSA) is 74.7 Å². The maximum Gasteiger partial charge on any atom is 0.330 e. The summed E-state index contributed by atoms with van der Waals surface area (Å²) in [6, 6.07) is 16.1. The smallest absolute Gasteiger partial charge is 0.330 e. The van der Waals surface area contributed by atoms with Crippen LogP contribution in [-0.2, 0) is 15.0 Å². The van der Waals surface area contributed by atoms with Gasteiger partial charge in [0, 0.05) is 11.8 Å². The van der Waals surface area contributed by atoms with Gasteiger partial charge in [-0.15, -0.1) is 11.3 Å². The van der Waals surface area contributed by atoms with E-state index in [0.717, 1.165) is 5.56 Å². The van der Waals surface area contributed by atoms with Gasteiger partial charge in [0.1, 0.15) is 11.4 Å². The second-order valence-corrected chi connectivity index (χ2v) is 12.6. The molecule has 1 aliphatic carbocycles. The highest BCUT2D eigenvalue weighted by molar-refractivity contribution is 7.12. The standard InChI is InChI=1S/C31H32FNO4S/c1-30(2,3)21-13-9-18(10-14-21)25-24(27(34)23-6-5-17-38-23)26(19-11-15-22(32)16-12-19)33(28(35)20-7-8-20)31(25,4)29(36)37/h5-6,9-17,20,24-26H,7-8H2,1-4H3,(H,36,37). The number of hydrogen-bond donors (Lipinski definition) is 1. The molecule has 38 heavy (non-hydrogen) atoms. The molecule has 3 aromatic rings. The Morgan fingerprint density at radius 2 is 1.58 bits per heavy atom. The van der Waals surface area contributed by atoms with Crippen molar-refractivity contribution in [1.29, 1.82) is 0 Å². The number of aliphatic carboxylic acids is 1. The first kappa shape index (κ1) is 26.3. The van der Waals surface area contributed by atoms with E-state index in [1.165, 1.54) is 28.4 Å². The Morgan fingerprint density at radius 3 is 2.08 bits per heavy atom. The number of hydrogen-bond acceptors (Lipinski definition) is 4. The first-order valence-corrected chi connectivity index (χ1v) is 13.8. The fourth-order valence-corrected chi connectivity index (χ4v) is 6.59. The summed E-state index contributed by atoms with van der Waals surface area (Å²) < 4.78 is 14.0. The number of carboxylic acid groups (broad SMARTS) is 1. The minimum absolute atomic E-state index is 0.110. The lowest BCUT2D eigenvalue weighted by Gasteiger charge is -2.38. The molecule has 198 valence electrons. The molecule has 4 atom stereocenters. The van der Waals surface area contributed by atoms with Crippen LogP contribution in [0.5, 0.6) is 0 Å². The molecular weight excluding hydrogens is 501 g/mol. The number of ketones is 1. The highest BCUT2D eigenvalue weighted by Gasteiger charge is 2.65. The minimum Gasteiger partial charge on any atom is -0.479 e. The molecule has 0 spiro atoms. The van der Waals surface area contributed by atoms with Gasteiger partial charge in [0.2, 0.25) is 5.91 Å². The molecule has 5 rings (SSSR count). The van der Waals surface area contributed by atoms with Gasteiger partial charge in [0.15, 0.2) is 5.78 Å². The SMILES string of the molecule is CC(C)(C)c1ccc(C2C(C(=O)c3cccs3)C(c3ccc(F)cc3)N(C(=O)C3CC3)C2(C)C(=O)O)cc1. The predicted molar refractivity (Wildman–Crippen MR) is 145 cm³/mol. The lowest BCUT2D eigenvalue weighted by atomic mass is 9.72. The highest BCUT2D eigenvalue weighted by Crippen LogP contribution is 2.58. The molecule has 1 saturated heterocycles. The number of amides is 1. The molecule has 2 aliphatic rings. The van der Waals surface area contributed by atoms with Gasteiger partial charge in [-0.05, 0) is 65.4 Å². The van der Waals surface area contributed by atoms with Crippen LogP contribution in [0.2, 0.25) is 0 Å². The summed E-state index contributed by atoms with van der Waals surface area (Å²) in [4.78, 5) is 43.3. The number of benzene rings is 2. The van der Waals surface area contributed by atoms with Gasteiger partial charge in [-0.2, -0.15) is 0 Å². The number of thiophene rings is 1. The Balaban J connectivity index is 1.76. The molecule has 1 saturated carbocycles. The van der Waals surface area contributed by atoms with Gasteiger partial charge in [0.05, 0.1) is 16.8 Å². The molecule has 1 N–H and O–H groups in total. The van der Waals surface area contributed by atoms with Crippen LogP contribution >= 0.6 is 11.3 Å². The zero-order valence-electron chi connectivity index (χ0n) is 22.0. The second kappa shape index (κ2) is 9.45. The zero-order valence-corrected chi connectivity index (χ0v) is 22.8. The van der Waals surface area contributed by atoms with Gasteiger partial charge < -0.3 is 10.0 Å². The number of nitrogens with zero attached hydrogens (tertiary/aromatic N) is 1. The molecule has 2 heterocycles. The quantitative estimate of drug-likeness (QED) is 0.362. The third-order valence-corrected chi connectivity index (χ3v) is 8.98. The van der Waals surface area contributed by atoms with Gasteiger partial charge in [-0.3, -0.25) is 9.59 Å². The van der Waals surface area contributed by atoms with Crippen molar-refractivity contribution in [1.82, 2.24) is 4.90 Å². The van der Waals surface area contributed by atoms with Crippen molar-refractivity contribution in [3.05, 3.63) is 93.4 Å². The lowest BCUT2D eigenvalue weighted by Crippen LogP contribution is -2.54. The Labute approximate surface area is 226 Å². The molecule has 0 bridgehead atoms. The lowest BCUT2D eigenvalue weighted by molar-refractivity contribution is -0.158. The normalized spacial score (nSPS) is 25.4. The number of likely N-dealkylation sites (tertiary alicyclic amines) is 1. The van der Waals surface area contributed by atoms with Crippen molar-refractivity contribution in [2.75, 3.05) is 0 Å². The van der Waals surface area contributed by atoms with Crippen LogP contribution in [0.25, 0.3) is 0 Å². The molecule has 1 aliphatic heterocycles.